The number of aromatic nitrogens is 4. The molecule has 2 rings (SSSR count). The normalized spacial score (nSPS) is 11.5. The summed E-state index contributed by atoms with van der Waals surface area (Å²) in [7, 11) is 1.66. The molecule has 1 N–H and O–H groups in total. The number of imidazole rings is 1. The van der Waals surface area contributed by atoms with Gasteiger partial charge in [-0.15, -0.1) is 0 Å². The molecule has 0 aromatic carbocycles. The van der Waals surface area contributed by atoms with Crippen LogP contribution in [0.3, 0.4) is 0 Å². The van der Waals surface area contributed by atoms with Gasteiger partial charge in [-0.25, -0.2) is 9.78 Å². The molecule has 140 valence electrons. The molecule has 2 heterocycles. The molecular formula is C18H30N4O2S. The molecule has 25 heavy (non-hydrogen) atoms. The summed E-state index contributed by atoms with van der Waals surface area (Å²) in [5, 5.41) is 0.855. The van der Waals surface area contributed by atoms with Crippen molar-refractivity contribution in [3.63, 3.8) is 0 Å². The number of unbranched alkanes of at least 4 members (excludes halogenated alkanes) is 6. The topological polar surface area (TPSA) is 72.7 Å². The van der Waals surface area contributed by atoms with Crippen molar-refractivity contribution in [1.82, 2.24) is 19.1 Å². The third-order valence-electron chi connectivity index (χ3n) is 4.44. The minimum absolute atomic E-state index is 0.334. The van der Waals surface area contributed by atoms with Gasteiger partial charge in [-0.2, -0.15) is 0 Å². The third-order valence-corrected chi connectivity index (χ3v) is 5.50. The molecule has 7 heteroatoms. The number of aromatic amines is 1. The molecule has 0 unspecified atom stereocenters. The predicted molar refractivity (Wildman–Crippen MR) is 105 cm³/mol. The first-order valence-electron chi connectivity index (χ1n) is 9.42. The summed E-state index contributed by atoms with van der Waals surface area (Å²) in [6, 6.07) is 0. The fraction of sp³-hybridized carbons (Fsp3) is 0.722. The number of hydrogen-bond acceptors (Lipinski definition) is 4. The van der Waals surface area contributed by atoms with E-state index < -0.39 is 5.69 Å². The first kappa shape index (κ1) is 19.8. The molecule has 0 radical (unpaired) electrons. The van der Waals surface area contributed by atoms with E-state index in [0.29, 0.717) is 11.2 Å². The van der Waals surface area contributed by atoms with Crippen molar-refractivity contribution in [1.29, 1.82) is 0 Å². The van der Waals surface area contributed by atoms with E-state index in [0.717, 1.165) is 36.7 Å². The van der Waals surface area contributed by atoms with Crippen LogP contribution < -0.4 is 11.2 Å². The summed E-state index contributed by atoms with van der Waals surface area (Å²) in [5.41, 5.74) is 0.267. The van der Waals surface area contributed by atoms with E-state index in [1.165, 1.54) is 36.7 Å². The number of H-pyrrole nitrogens is 1. The standard InChI is InChI=1S/C18H30N4O2S/c1-4-6-8-9-10-12-22-14-15(21(3)17(24)20-16(14)23)19-18(22)25-13-11-7-5-2/h4-13H2,1-3H3,(H,20,23,24). The van der Waals surface area contributed by atoms with Crippen LogP contribution in [0.15, 0.2) is 14.7 Å². The first-order chi connectivity index (χ1) is 12.1. The Hall–Kier alpha value is -1.50. The lowest BCUT2D eigenvalue weighted by molar-refractivity contribution is 0.551. The fourth-order valence-electron chi connectivity index (χ4n) is 2.92. The Morgan fingerprint density at radius 1 is 1.00 bits per heavy atom. The Balaban J connectivity index is 2.27. The molecule has 0 bridgehead atoms. The van der Waals surface area contributed by atoms with Crippen molar-refractivity contribution in [2.24, 2.45) is 7.05 Å². The highest BCUT2D eigenvalue weighted by Gasteiger charge is 2.17. The van der Waals surface area contributed by atoms with Crippen molar-refractivity contribution in [2.75, 3.05) is 5.75 Å². The van der Waals surface area contributed by atoms with Gasteiger partial charge in [-0.3, -0.25) is 14.3 Å². The van der Waals surface area contributed by atoms with Gasteiger partial charge < -0.3 is 4.57 Å². The Kier molecular flexibility index (Phi) is 7.81. The van der Waals surface area contributed by atoms with E-state index in [9.17, 15) is 9.59 Å². The van der Waals surface area contributed by atoms with E-state index in [1.54, 1.807) is 18.8 Å². The van der Waals surface area contributed by atoms with E-state index in [2.05, 4.69) is 23.8 Å². The summed E-state index contributed by atoms with van der Waals surface area (Å²) in [6.45, 7) is 5.16. The molecule has 6 nitrogen and oxygen atoms in total. The van der Waals surface area contributed by atoms with E-state index >= 15 is 0 Å². The SMILES string of the molecule is CCCCCCCn1c(SCCCCC)nc2c1c(=O)[nH]c(=O)n2C. The lowest BCUT2D eigenvalue weighted by Gasteiger charge is -2.08. The van der Waals surface area contributed by atoms with Crippen molar-refractivity contribution in [2.45, 2.75) is 76.9 Å². The minimum Gasteiger partial charge on any atom is -0.313 e. The number of nitrogens with one attached hydrogen (secondary N) is 1. The highest BCUT2D eigenvalue weighted by molar-refractivity contribution is 7.99. The van der Waals surface area contributed by atoms with Gasteiger partial charge in [0.2, 0.25) is 0 Å². The summed E-state index contributed by atoms with van der Waals surface area (Å²) in [6.07, 6.45) is 9.37. The van der Waals surface area contributed by atoms with Crippen molar-refractivity contribution in [3.8, 4) is 0 Å². The van der Waals surface area contributed by atoms with Gasteiger partial charge in [0.15, 0.2) is 16.3 Å². The summed E-state index contributed by atoms with van der Waals surface area (Å²) < 4.78 is 3.44. The number of fused-ring (bicyclic) bond motifs is 1. The molecule has 0 aliphatic heterocycles. The molecule has 0 saturated carbocycles. The average Bonchev–Trinajstić information content (AvgIpc) is 2.96. The zero-order chi connectivity index (χ0) is 18.2. The minimum atomic E-state index is -0.410. The number of rotatable bonds is 11. The molecular weight excluding hydrogens is 336 g/mol. The number of thioether (sulfide) groups is 1. The maximum atomic E-state index is 12.4. The van der Waals surface area contributed by atoms with Gasteiger partial charge in [0.25, 0.3) is 5.56 Å². The third kappa shape index (κ3) is 5.00. The molecule has 0 spiro atoms. The zero-order valence-corrected chi connectivity index (χ0v) is 16.5. The van der Waals surface area contributed by atoms with Gasteiger partial charge in [0.05, 0.1) is 0 Å². The van der Waals surface area contributed by atoms with Gasteiger partial charge >= 0.3 is 5.69 Å². The van der Waals surface area contributed by atoms with Crippen LogP contribution in [-0.2, 0) is 13.6 Å². The van der Waals surface area contributed by atoms with Crippen LogP contribution in [-0.4, -0.2) is 24.9 Å². The van der Waals surface area contributed by atoms with Crippen LogP contribution in [0.1, 0.15) is 65.2 Å². The maximum absolute atomic E-state index is 12.4. The summed E-state index contributed by atoms with van der Waals surface area (Å²) in [4.78, 5) is 31.2. The molecule has 2 aromatic rings. The molecule has 0 atom stereocenters. The number of nitrogens with zero attached hydrogens (tertiary/aromatic N) is 3. The highest BCUT2D eigenvalue weighted by atomic mass is 32.2. The predicted octanol–water partition coefficient (Wildman–Crippen LogP) is 3.68. The largest absolute Gasteiger partial charge is 0.329 e. The maximum Gasteiger partial charge on any atom is 0.329 e. The van der Waals surface area contributed by atoms with Crippen LogP contribution in [0, 0.1) is 0 Å². The Labute approximate surface area is 153 Å². The van der Waals surface area contributed by atoms with E-state index in [4.69, 9.17) is 0 Å². The molecule has 0 aliphatic carbocycles. The van der Waals surface area contributed by atoms with Crippen molar-refractivity contribution >= 4 is 22.9 Å². The van der Waals surface area contributed by atoms with Crippen molar-refractivity contribution < 1.29 is 0 Å². The molecule has 0 aliphatic rings. The fourth-order valence-corrected chi connectivity index (χ4v) is 3.94. The second-order valence-electron chi connectivity index (χ2n) is 6.51. The Bertz CT molecular complexity index is 791. The van der Waals surface area contributed by atoms with Crippen molar-refractivity contribution in [3.05, 3.63) is 20.8 Å². The van der Waals surface area contributed by atoms with Crippen LogP contribution in [0.2, 0.25) is 0 Å². The lowest BCUT2D eigenvalue weighted by atomic mass is 10.1. The molecule has 2 aromatic heterocycles. The second-order valence-corrected chi connectivity index (χ2v) is 7.57. The van der Waals surface area contributed by atoms with Gasteiger partial charge in [0.1, 0.15) is 0 Å². The van der Waals surface area contributed by atoms with E-state index in [1.807, 2.05) is 4.57 Å². The molecule has 0 amide bonds. The van der Waals surface area contributed by atoms with Crippen LogP contribution >= 0.6 is 11.8 Å². The van der Waals surface area contributed by atoms with E-state index in [-0.39, 0.29) is 5.56 Å². The number of aryl methyl sites for hydroxylation is 2. The zero-order valence-electron chi connectivity index (χ0n) is 15.6. The summed E-state index contributed by atoms with van der Waals surface area (Å²) >= 11 is 1.69. The van der Waals surface area contributed by atoms with Crippen LogP contribution in [0.5, 0.6) is 0 Å². The van der Waals surface area contributed by atoms with Gasteiger partial charge in [0, 0.05) is 19.3 Å². The average molecular weight is 367 g/mol. The Morgan fingerprint density at radius 2 is 1.68 bits per heavy atom. The smallest absolute Gasteiger partial charge is 0.313 e. The Morgan fingerprint density at radius 3 is 2.40 bits per heavy atom. The van der Waals surface area contributed by atoms with Gasteiger partial charge in [-0.05, 0) is 12.8 Å². The highest BCUT2D eigenvalue weighted by Crippen LogP contribution is 2.23. The van der Waals surface area contributed by atoms with Gasteiger partial charge in [-0.1, -0.05) is 64.1 Å². The first-order valence-corrected chi connectivity index (χ1v) is 10.4. The summed E-state index contributed by atoms with van der Waals surface area (Å²) in [5.74, 6) is 0.985. The molecule has 0 fully saturated rings. The van der Waals surface area contributed by atoms with Crippen LogP contribution in [0.4, 0.5) is 0 Å². The second kappa shape index (κ2) is 9.85. The lowest BCUT2D eigenvalue weighted by Crippen LogP contribution is -2.29. The molecule has 0 saturated heterocycles. The monoisotopic (exact) mass is 366 g/mol. The van der Waals surface area contributed by atoms with Crippen LogP contribution in [0.25, 0.3) is 11.2 Å². The quantitative estimate of drug-likeness (QED) is 0.486. The number of hydrogen-bond donors (Lipinski definition) is 1.